The molecule has 1 amide bonds. The van der Waals surface area contributed by atoms with Gasteiger partial charge in [0, 0.05) is 23.5 Å². The van der Waals surface area contributed by atoms with Gasteiger partial charge in [-0.3, -0.25) is 4.79 Å². The number of carbonyl (C=O) groups excluding carboxylic acids is 1. The lowest BCUT2D eigenvalue weighted by atomic mass is 10.2. The molecule has 0 atom stereocenters. The van der Waals surface area contributed by atoms with Crippen molar-refractivity contribution in [2.75, 3.05) is 17.3 Å². The lowest BCUT2D eigenvalue weighted by Crippen LogP contribution is -2.14. The number of aromatic nitrogens is 2. The molecule has 1 aliphatic rings. The summed E-state index contributed by atoms with van der Waals surface area (Å²) in [5.74, 6) is -0.342. The number of hydrogen-bond donors (Lipinski definition) is 1. The summed E-state index contributed by atoms with van der Waals surface area (Å²) in [6.07, 6.45) is 1.15. The Hall–Kier alpha value is -2.43. The first-order valence-electron chi connectivity index (χ1n) is 7.73. The molecule has 3 rings (SSSR count). The van der Waals surface area contributed by atoms with Crippen molar-refractivity contribution in [2.45, 2.75) is 6.85 Å². The van der Waals surface area contributed by atoms with Gasteiger partial charge in [0.1, 0.15) is 5.82 Å². The highest BCUT2D eigenvalue weighted by molar-refractivity contribution is 6.11. The highest BCUT2D eigenvalue weighted by atomic mass is 16.1. The van der Waals surface area contributed by atoms with E-state index in [0.29, 0.717) is 0 Å². The van der Waals surface area contributed by atoms with Gasteiger partial charge < -0.3 is 10.2 Å². The van der Waals surface area contributed by atoms with Crippen LogP contribution in [0.4, 0.5) is 17.3 Å². The molecular weight excluding hydrogens is 228 g/mol. The van der Waals surface area contributed by atoms with E-state index in [4.69, 9.17) is 6.85 Å². The van der Waals surface area contributed by atoms with Crippen LogP contribution in [0.1, 0.15) is 22.8 Å². The van der Waals surface area contributed by atoms with Gasteiger partial charge in [0.15, 0.2) is 5.82 Å². The molecule has 18 heavy (non-hydrogen) atoms. The third-order valence-corrected chi connectivity index (χ3v) is 2.70. The normalized spacial score (nSPS) is 18.2. The second-order valence-electron chi connectivity index (χ2n) is 3.80. The van der Waals surface area contributed by atoms with Gasteiger partial charge in [0.2, 0.25) is 0 Å². The Morgan fingerprint density at radius 3 is 3.17 bits per heavy atom. The van der Waals surface area contributed by atoms with Crippen molar-refractivity contribution in [3.05, 3.63) is 41.7 Å². The Kier molecular flexibility index (Phi) is 1.37. The zero-order chi connectivity index (χ0) is 16.9. The third-order valence-electron chi connectivity index (χ3n) is 2.70. The van der Waals surface area contributed by atoms with Gasteiger partial charge in [0.25, 0.3) is 5.91 Å². The smallest absolute Gasteiger partial charge is 0.259 e. The minimum atomic E-state index is -2.52. The molecule has 2 aromatic rings. The van der Waals surface area contributed by atoms with Gasteiger partial charge in [-0.25, -0.2) is 9.97 Å². The van der Waals surface area contributed by atoms with Crippen LogP contribution in [-0.4, -0.2) is 22.9 Å². The van der Waals surface area contributed by atoms with Crippen LogP contribution < -0.4 is 10.2 Å². The number of rotatable bonds is 0. The fourth-order valence-electron chi connectivity index (χ4n) is 1.83. The van der Waals surface area contributed by atoms with Gasteiger partial charge in [-0.05, 0) is 30.6 Å². The van der Waals surface area contributed by atoms with Crippen molar-refractivity contribution in [1.29, 1.82) is 0 Å². The monoisotopic (exact) mass is 245 g/mol. The summed E-state index contributed by atoms with van der Waals surface area (Å²) < 4.78 is 38.5. The van der Waals surface area contributed by atoms with Crippen LogP contribution in [0.5, 0.6) is 0 Å². The molecule has 0 aromatic carbocycles. The van der Waals surface area contributed by atoms with E-state index >= 15 is 0 Å². The second-order valence-corrected chi connectivity index (χ2v) is 3.80. The third kappa shape index (κ3) is 1.44. The number of anilines is 3. The average Bonchev–Trinajstić information content (AvgIpc) is 2.55. The summed E-state index contributed by atoms with van der Waals surface area (Å²) in [6.45, 7) is -2.52. The topological polar surface area (TPSA) is 58.1 Å². The second kappa shape index (κ2) is 3.80. The number of aryl methyl sites for hydroxylation is 1. The Labute approximate surface area is 112 Å². The maximum Gasteiger partial charge on any atom is 0.259 e. The minimum absolute atomic E-state index is 0.00546. The Bertz CT molecular complexity index is 821. The van der Waals surface area contributed by atoms with Crippen molar-refractivity contribution >= 4 is 23.2 Å². The molecule has 5 nitrogen and oxygen atoms in total. The zero-order valence-electron chi connectivity index (χ0n) is 14.5. The maximum atomic E-state index is 12.4. The zero-order valence-corrected chi connectivity index (χ0v) is 9.48. The summed E-state index contributed by atoms with van der Waals surface area (Å²) in [4.78, 5) is 22.0. The van der Waals surface area contributed by atoms with E-state index in [0.717, 1.165) is 6.07 Å². The summed E-state index contributed by atoms with van der Waals surface area (Å²) in [5.41, 5.74) is -0.144. The van der Waals surface area contributed by atoms with E-state index in [1.807, 2.05) is 0 Å². The Morgan fingerprint density at radius 2 is 2.33 bits per heavy atom. The molecule has 0 radical (unpaired) electrons. The molecule has 0 unspecified atom stereocenters. The fourth-order valence-corrected chi connectivity index (χ4v) is 1.83. The van der Waals surface area contributed by atoms with E-state index in [1.165, 1.54) is 17.2 Å². The van der Waals surface area contributed by atoms with E-state index < -0.39 is 12.8 Å². The van der Waals surface area contributed by atoms with Crippen LogP contribution in [0.3, 0.4) is 0 Å². The molecule has 2 aromatic heterocycles. The number of nitrogens with zero attached hydrogens (tertiary/aromatic N) is 3. The first-order chi connectivity index (χ1) is 10.7. The van der Waals surface area contributed by atoms with Crippen LogP contribution in [0, 0.1) is 6.85 Å². The maximum absolute atomic E-state index is 12.4. The molecule has 0 spiro atoms. The van der Waals surface area contributed by atoms with Crippen LogP contribution in [0.25, 0.3) is 0 Å². The largest absolute Gasteiger partial charge is 0.318 e. The molecule has 5 heteroatoms. The molecule has 3 heterocycles. The molecule has 0 bridgehead atoms. The first-order valence-corrected chi connectivity index (χ1v) is 5.23. The highest BCUT2D eigenvalue weighted by Crippen LogP contribution is 2.35. The first kappa shape index (κ1) is 6.49. The van der Waals surface area contributed by atoms with E-state index in [2.05, 4.69) is 15.3 Å². The number of amides is 1. The summed E-state index contributed by atoms with van der Waals surface area (Å²) in [6, 6.07) is 2.44. The molecule has 0 fully saturated rings. The summed E-state index contributed by atoms with van der Waals surface area (Å²) in [5, 5.41) is 2.51. The predicted octanol–water partition coefficient (Wildman–Crippen LogP) is 2.12. The molecule has 0 saturated carbocycles. The van der Waals surface area contributed by atoms with Crippen LogP contribution in [0.15, 0.2) is 30.5 Å². The van der Waals surface area contributed by atoms with Crippen molar-refractivity contribution in [2.24, 2.45) is 0 Å². The fraction of sp³-hybridized carbons (Fsp3) is 0.154. The molecule has 0 aliphatic carbocycles. The van der Waals surface area contributed by atoms with E-state index in [1.54, 1.807) is 7.05 Å². The molecule has 1 N–H and O–H groups in total. The summed E-state index contributed by atoms with van der Waals surface area (Å²) in [7, 11) is 1.56. The Morgan fingerprint density at radius 1 is 1.44 bits per heavy atom. The van der Waals surface area contributed by atoms with Crippen molar-refractivity contribution in [1.82, 2.24) is 9.97 Å². The number of nitrogens with one attached hydrogen (secondary N) is 1. The number of carbonyl (C=O) groups is 1. The number of hydrogen-bond acceptors (Lipinski definition) is 4. The molecule has 0 saturated heterocycles. The lowest BCUT2D eigenvalue weighted by molar-refractivity contribution is 0.102. The molecular formula is C13H12N4O. The summed E-state index contributed by atoms with van der Waals surface area (Å²) >= 11 is 0. The standard InChI is InChI=1S/C13H12N4O/c1-8-5-7-15-12-10(8)16-13(18)9-4-3-6-14-11(9)17(12)2/h3-7H,1-2H3,(H,16,18)/i1D3,4D,7D. The highest BCUT2D eigenvalue weighted by Gasteiger charge is 2.25. The molecule has 90 valence electrons. The van der Waals surface area contributed by atoms with Crippen LogP contribution in [-0.2, 0) is 0 Å². The quantitative estimate of drug-likeness (QED) is 0.772. The number of pyridine rings is 2. The lowest BCUT2D eigenvalue weighted by Gasteiger charge is -2.18. The Balaban J connectivity index is 2.33. The van der Waals surface area contributed by atoms with Crippen molar-refractivity contribution in [3.8, 4) is 0 Å². The average molecular weight is 245 g/mol. The van der Waals surface area contributed by atoms with Gasteiger partial charge in [0.05, 0.1) is 14.0 Å². The predicted molar refractivity (Wildman–Crippen MR) is 69.2 cm³/mol. The number of fused-ring (bicyclic) bond motifs is 2. The van der Waals surface area contributed by atoms with Crippen LogP contribution >= 0.6 is 0 Å². The van der Waals surface area contributed by atoms with E-state index in [-0.39, 0.29) is 40.7 Å². The van der Waals surface area contributed by atoms with Crippen LogP contribution in [0.2, 0.25) is 0 Å². The SMILES string of the molecule is [2H]c1cc(C([2H])([2H])[2H])c2c(n1)N(C)c1nccc([2H])c1C(=O)N2. The van der Waals surface area contributed by atoms with Gasteiger partial charge in [-0.1, -0.05) is 0 Å². The van der Waals surface area contributed by atoms with Gasteiger partial charge in [-0.15, -0.1) is 0 Å². The van der Waals surface area contributed by atoms with Crippen molar-refractivity contribution in [3.63, 3.8) is 0 Å². The van der Waals surface area contributed by atoms with Gasteiger partial charge >= 0.3 is 0 Å². The molecule has 1 aliphatic heterocycles. The van der Waals surface area contributed by atoms with Crippen molar-refractivity contribution < 1.29 is 11.6 Å². The van der Waals surface area contributed by atoms with E-state index in [9.17, 15) is 4.79 Å². The van der Waals surface area contributed by atoms with Gasteiger partial charge in [-0.2, -0.15) is 0 Å². The minimum Gasteiger partial charge on any atom is -0.318 e.